The molecule has 0 fully saturated rings. The van der Waals surface area contributed by atoms with Crippen LogP contribution < -0.4 is 15.4 Å². The molecule has 2 atom stereocenters. The van der Waals surface area contributed by atoms with Gasteiger partial charge in [0.2, 0.25) is 12.8 Å². The van der Waals surface area contributed by atoms with Crippen LogP contribution in [0.3, 0.4) is 0 Å². The number of hydrogen-bond donors (Lipinski definition) is 4. The fourth-order valence-corrected chi connectivity index (χ4v) is 5.03. The number of rotatable bonds is 16. The first kappa shape index (κ1) is 30.5. The van der Waals surface area contributed by atoms with E-state index in [9.17, 15) is 19.8 Å². The van der Waals surface area contributed by atoms with Crippen molar-refractivity contribution in [1.29, 1.82) is 0 Å². The SMILES string of the molecule is CC(CC(O)(c1ccc(NC=O)cc1)c1ccc(NC=O)cc1)N(Cc1ccccc1)C[C@H](O)COc1ccccc1. The second-order valence-corrected chi connectivity index (χ2v) is 10.3. The van der Waals surface area contributed by atoms with Gasteiger partial charge in [-0.3, -0.25) is 14.5 Å². The molecule has 4 rings (SSSR count). The highest BCUT2D eigenvalue weighted by Crippen LogP contribution is 2.37. The molecule has 4 N–H and O–H groups in total. The Hall–Kier alpha value is -4.50. The summed E-state index contributed by atoms with van der Waals surface area (Å²) >= 11 is 0. The van der Waals surface area contributed by atoms with E-state index < -0.39 is 11.7 Å². The lowest BCUT2D eigenvalue weighted by Gasteiger charge is -2.38. The summed E-state index contributed by atoms with van der Waals surface area (Å²) < 4.78 is 5.81. The average Bonchev–Trinajstić information content (AvgIpc) is 3.01. The largest absolute Gasteiger partial charge is 0.491 e. The van der Waals surface area contributed by atoms with Crippen LogP contribution in [0, 0.1) is 0 Å². The Balaban J connectivity index is 1.61. The van der Waals surface area contributed by atoms with Gasteiger partial charge in [0.05, 0.1) is 0 Å². The van der Waals surface area contributed by atoms with Crippen molar-refractivity contribution in [3.05, 3.63) is 126 Å². The van der Waals surface area contributed by atoms with Gasteiger partial charge < -0.3 is 25.6 Å². The van der Waals surface area contributed by atoms with Crippen LogP contribution in [-0.2, 0) is 21.7 Å². The molecule has 1 unspecified atom stereocenters. The highest BCUT2D eigenvalue weighted by molar-refractivity contribution is 5.72. The standard InChI is InChI=1S/C34H37N3O5/c1-26(37(21-27-8-4-2-5-9-27)22-32(40)23-42-33-10-6-3-7-11-33)20-34(41,28-12-16-30(17-13-28)35-24-38)29-14-18-31(19-15-29)36-25-39/h2-19,24-26,32,40-41H,20-23H2,1H3,(H,35,38)(H,36,39)/t26?,32-/m0/s1. The first-order valence-corrected chi connectivity index (χ1v) is 13.9. The number of aliphatic hydroxyl groups excluding tert-OH is 1. The van der Waals surface area contributed by atoms with Crippen molar-refractivity contribution in [3.8, 4) is 5.75 Å². The van der Waals surface area contributed by atoms with Crippen molar-refractivity contribution in [2.24, 2.45) is 0 Å². The second-order valence-electron chi connectivity index (χ2n) is 10.3. The Morgan fingerprint density at radius 3 is 1.79 bits per heavy atom. The maximum absolute atomic E-state index is 12.4. The number of amides is 2. The van der Waals surface area contributed by atoms with Gasteiger partial charge in [0.25, 0.3) is 0 Å². The van der Waals surface area contributed by atoms with Crippen LogP contribution in [0.5, 0.6) is 5.75 Å². The van der Waals surface area contributed by atoms with Crippen molar-refractivity contribution in [2.45, 2.75) is 37.6 Å². The predicted octanol–water partition coefficient (Wildman–Crippen LogP) is 4.78. The van der Waals surface area contributed by atoms with Gasteiger partial charge in [0.15, 0.2) is 0 Å². The molecule has 0 aliphatic rings. The summed E-state index contributed by atoms with van der Waals surface area (Å²) in [6.07, 6.45) is 0.742. The number of hydrogen-bond acceptors (Lipinski definition) is 6. The van der Waals surface area contributed by atoms with E-state index in [1.54, 1.807) is 48.5 Å². The van der Waals surface area contributed by atoms with Crippen molar-refractivity contribution < 1.29 is 24.5 Å². The third kappa shape index (κ3) is 8.27. The topological polar surface area (TPSA) is 111 Å². The molecule has 0 spiro atoms. The van der Waals surface area contributed by atoms with E-state index in [4.69, 9.17) is 4.74 Å². The molecule has 0 saturated heterocycles. The van der Waals surface area contributed by atoms with Gasteiger partial charge in [-0.25, -0.2) is 0 Å². The molecule has 0 radical (unpaired) electrons. The molecule has 0 heterocycles. The van der Waals surface area contributed by atoms with E-state index in [1.807, 2.05) is 67.6 Å². The molecule has 0 aromatic heterocycles. The molecule has 0 aliphatic heterocycles. The molecular formula is C34H37N3O5. The molecule has 4 aromatic carbocycles. The molecule has 4 aromatic rings. The van der Waals surface area contributed by atoms with Crippen LogP contribution >= 0.6 is 0 Å². The molecule has 0 saturated carbocycles. The number of ether oxygens (including phenoxy) is 1. The van der Waals surface area contributed by atoms with Crippen molar-refractivity contribution >= 4 is 24.2 Å². The van der Waals surface area contributed by atoms with E-state index in [0.29, 0.717) is 60.6 Å². The summed E-state index contributed by atoms with van der Waals surface area (Å²) in [6.45, 7) is 3.04. The minimum atomic E-state index is -1.42. The third-order valence-electron chi connectivity index (χ3n) is 7.25. The highest BCUT2D eigenvalue weighted by atomic mass is 16.5. The van der Waals surface area contributed by atoms with Crippen LogP contribution in [0.1, 0.15) is 30.0 Å². The van der Waals surface area contributed by atoms with Gasteiger partial charge >= 0.3 is 0 Å². The number of aliphatic hydroxyl groups is 2. The summed E-state index contributed by atoms with van der Waals surface area (Å²) in [5.74, 6) is 0.689. The summed E-state index contributed by atoms with van der Waals surface area (Å²) in [5.41, 5.74) is 2.18. The van der Waals surface area contributed by atoms with Gasteiger partial charge in [-0.15, -0.1) is 0 Å². The van der Waals surface area contributed by atoms with Crippen LogP contribution in [0.25, 0.3) is 0 Å². The first-order valence-electron chi connectivity index (χ1n) is 13.9. The number of carbonyl (C=O) groups is 2. The lowest BCUT2D eigenvalue weighted by molar-refractivity contribution is -0.106. The molecule has 8 nitrogen and oxygen atoms in total. The number of carbonyl (C=O) groups excluding carboxylic acids is 2. The fraction of sp³-hybridized carbons (Fsp3) is 0.235. The third-order valence-corrected chi connectivity index (χ3v) is 7.25. The Labute approximate surface area is 246 Å². The van der Waals surface area contributed by atoms with E-state index >= 15 is 0 Å². The minimum absolute atomic E-state index is 0.128. The van der Waals surface area contributed by atoms with Crippen molar-refractivity contribution in [3.63, 3.8) is 0 Å². The number of anilines is 2. The Bertz CT molecular complexity index is 1330. The maximum atomic E-state index is 12.4. The van der Waals surface area contributed by atoms with Crippen molar-refractivity contribution in [2.75, 3.05) is 23.8 Å². The summed E-state index contributed by atoms with van der Waals surface area (Å²) in [6, 6.07) is 33.3. The number of benzene rings is 4. The van der Waals surface area contributed by atoms with Crippen LogP contribution in [-0.4, -0.2) is 53.2 Å². The monoisotopic (exact) mass is 567 g/mol. The first-order chi connectivity index (χ1) is 20.4. The molecule has 42 heavy (non-hydrogen) atoms. The average molecular weight is 568 g/mol. The Morgan fingerprint density at radius 1 is 0.786 bits per heavy atom. The maximum Gasteiger partial charge on any atom is 0.211 e. The molecular weight excluding hydrogens is 530 g/mol. The molecule has 0 aliphatic carbocycles. The number of para-hydroxylation sites is 1. The normalized spacial score (nSPS) is 12.8. The quantitative estimate of drug-likeness (QED) is 0.145. The van der Waals surface area contributed by atoms with Gasteiger partial charge in [0.1, 0.15) is 24.1 Å². The zero-order valence-corrected chi connectivity index (χ0v) is 23.6. The van der Waals surface area contributed by atoms with Crippen LogP contribution in [0.2, 0.25) is 0 Å². The minimum Gasteiger partial charge on any atom is -0.491 e. The highest BCUT2D eigenvalue weighted by Gasteiger charge is 2.35. The van der Waals surface area contributed by atoms with E-state index in [1.165, 1.54) is 0 Å². The fourth-order valence-electron chi connectivity index (χ4n) is 5.03. The van der Waals surface area contributed by atoms with Crippen LogP contribution in [0.4, 0.5) is 11.4 Å². The molecule has 218 valence electrons. The molecule has 2 amide bonds. The zero-order chi connectivity index (χ0) is 29.8. The number of nitrogens with zero attached hydrogens (tertiary/aromatic N) is 1. The van der Waals surface area contributed by atoms with Crippen molar-refractivity contribution in [1.82, 2.24) is 4.90 Å². The molecule has 0 bridgehead atoms. The lowest BCUT2D eigenvalue weighted by Crippen LogP contribution is -2.44. The summed E-state index contributed by atoms with van der Waals surface area (Å²) in [7, 11) is 0. The molecule has 8 heteroatoms. The van der Waals surface area contributed by atoms with Gasteiger partial charge in [0, 0.05) is 30.5 Å². The predicted molar refractivity (Wildman–Crippen MR) is 164 cm³/mol. The van der Waals surface area contributed by atoms with Crippen LogP contribution in [0.15, 0.2) is 109 Å². The Kier molecular flexibility index (Phi) is 10.8. The lowest BCUT2D eigenvalue weighted by atomic mass is 9.81. The van der Waals surface area contributed by atoms with Gasteiger partial charge in [-0.05, 0) is 66.4 Å². The van der Waals surface area contributed by atoms with E-state index in [0.717, 1.165) is 5.56 Å². The van der Waals surface area contributed by atoms with Gasteiger partial charge in [-0.1, -0.05) is 72.8 Å². The van der Waals surface area contributed by atoms with Gasteiger partial charge in [-0.2, -0.15) is 0 Å². The summed E-state index contributed by atoms with van der Waals surface area (Å²) in [4.78, 5) is 24.0. The second kappa shape index (κ2) is 14.9. The van der Waals surface area contributed by atoms with E-state index in [2.05, 4.69) is 15.5 Å². The smallest absolute Gasteiger partial charge is 0.211 e. The summed E-state index contributed by atoms with van der Waals surface area (Å²) in [5, 5.41) is 28.6. The number of nitrogens with one attached hydrogen (secondary N) is 2. The van der Waals surface area contributed by atoms with E-state index in [-0.39, 0.29) is 12.6 Å². The Morgan fingerprint density at radius 2 is 1.29 bits per heavy atom. The zero-order valence-electron chi connectivity index (χ0n) is 23.6.